The minimum absolute atomic E-state index is 0.665. The van der Waals surface area contributed by atoms with Gasteiger partial charge in [0.05, 0.1) is 11.9 Å². The van der Waals surface area contributed by atoms with Gasteiger partial charge in [-0.3, -0.25) is 4.98 Å². The topological polar surface area (TPSA) is 41.1 Å². The van der Waals surface area contributed by atoms with Crippen molar-refractivity contribution in [2.24, 2.45) is 5.92 Å². The molecule has 1 aliphatic rings. The summed E-state index contributed by atoms with van der Waals surface area (Å²) < 4.78 is 0. The molecule has 1 N–H and O–H groups in total. The molecule has 4 heteroatoms. The SMILES string of the molecule is CC(C)CNCc1cncc(N(C)C2CCC2)n1. The van der Waals surface area contributed by atoms with Gasteiger partial charge in [0.25, 0.3) is 0 Å². The Labute approximate surface area is 110 Å². The lowest BCUT2D eigenvalue weighted by Gasteiger charge is -2.35. The molecule has 0 unspecified atom stereocenters. The Morgan fingerprint density at radius 3 is 2.78 bits per heavy atom. The van der Waals surface area contributed by atoms with Crippen LogP contribution in [0.2, 0.25) is 0 Å². The van der Waals surface area contributed by atoms with Crippen molar-refractivity contribution in [3.63, 3.8) is 0 Å². The predicted octanol–water partition coefficient (Wildman–Crippen LogP) is 2.21. The predicted molar refractivity (Wildman–Crippen MR) is 74.6 cm³/mol. The Hall–Kier alpha value is -1.16. The van der Waals surface area contributed by atoms with Crippen LogP contribution in [0.1, 0.15) is 38.8 Å². The van der Waals surface area contributed by atoms with Crippen LogP contribution >= 0.6 is 0 Å². The molecule has 0 spiro atoms. The first-order valence-electron chi connectivity index (χ1n) is 6.91. The summed E-state index contributed by atoms with van der Waals surface area (Å²) in [5.41, 5.74) is 1.03. The van der Waals surface area contributed by atoms with Gasteiger partial charge in [0.1, 0.15) is 5.82 Å². The second-order valence-corrected chi connectivity index (χ2v) is 5.59. The van der Waals surface area contributed by atoms with E-state index in [0.29, 0.717) is 12.0 Å². The number of nitrogens with one attached hydrogen (secondary N) is 1. The van der Waals surface area contributed by atoms with E-state index in [1.165, 1.54) is 19.3 Å². The molecule has 0 amide bonds. The summed E-state index contributed by atoms with van der Waals surface area (Å²) in [4.78, 5) is 11.2. The van der Waals surface area contributed by atoms with Crippen molar-refractivity contribution >= 4 is 5.82 Å². The smallest absolute Gasteiger partial charge is 0.147 e. The maximum atomic E-state index is 4.67. The molecule has 0 aromatic carbocycles. The first-order valence-corrected chi connectivity index (χ1v) is 6.91. The zero-order chi connectivity index (χ0) is 13.0. The fraction of sp³-hybridized carbons (Fsp3) is 0.714. The van der Waals surface area contributed by atoms with Crippen LogP contribution < -0.4 is 10.2 Å². The summed E-state index contributed by atoms with van der Waals surface area (Å²) in [5, 5.41) is 3.40. The maximum Gasteiger partial charge on any atom is 0.147 e. The molecule has 0 atom stereocenters. The first kappa shape index (κ1) is 13.3. The Kier molecular flexibility index (Phi) is 4.53. The molecule has 1 saturated carbocycles. The third-order valence-electron chi connectivity index (χ3n) is 3.51. The van der Waals surface area contributed by atoms with Crippen molar-refractivity contribution in [3.05, 3.63) is 18.1 Å². The number of hydrogen-bond donors (Lipinski definition) is 1. The van der Waals surface area contributed by atoms with Gasteiger partial charge in [0.2, 0.25) is 0 Å². The average molecular weight is 248 g/mol. The minimum atomic E-state index is 0.665. The van der Waals surface area contributed by atoms with Crippen LogP contribution in [0.15, 0.2) is 12.4 Å². The normalized spacial score (nSPS) is 15.8. The van der Waals surface area contributed by atoms with E-state index in [1.54, 1.807) is 0 Å². The highest BCUT2D eigenvalue weighted by Gasteiger charge is 2.23. The van der Waals surface area contributed by atoms with Crippen LogP contribution in [0, 0.1) is 5.92 Å². The average Bonchev–Trinajstić information content (AvgIpc) is 2.26. The highest BCUT2D eigenvalue weighted by molar-refractivity contribution is 5.37. The number of rotatable bonds is 6. The zero-order valence-electron chi connectivity index (χ0n) is 11.7. The van der Waals surface area contributed by atoms with Crippen molar-refractivity contribution in [1.29, 1.82) is 0 Å². The molecule has 18 heavy (non-hydrogen) atoms. The molecule has 1 aliphatic carbocycles. The number of aromatic nitrogens is 2. The van der Waals surface area contributed by atoms with Crippen molar-refractivity contribution in [2.75, 3.05) is 18.5 Å². The van der Waals surface area contributed by atoms with E-state index in [1.807, 2.05) is 12.4 Å². The Morgan fingerprint density at radius 1 is 1.39 bits per heavy atom. The van der Waals surface area contributed by atoms with Gasteiger partial charge in [-0.25, -0.2) is 4.98 Å². The van der Waals surface area contributed by atoms with E-state index in [-0.39, 0.29) is 0 Å². The van der Waals surface area contributed by atoms with E-state index in [0.717, 1.165) is 24.6 Å². The van der Waals surface area contributed by atoms with Gasteiger partial charge in [-0.15, -0.1) is 0 Å². The molecule has 1 aromatic heterocycles. The van der Waals surface area contributed by atoms with Crippen LogP contribution in [-0.2, 0) is 6.54 Å². The van der Waals surface area contributed by atoms with E-state index < -0.39 is 0 Å². The zero-order valence-corrected chi connectivity index (χ0v) is 11.7. The third kappa shape index (κ3) is 3.42. The van der Waals surface area contributed by atoms with Crippen LogP contribution in [-0.4, -0.2) is 29.6 Å². The Morgan fingerprint density at radius 2 is 2.17 bits per heavy atom. The van der Waals surface area contributed by atoms with E-state index in [9.17, 15) is 0 Å². The maximum absolute atomic E-state index is 4.67. The molecular formula is C14H24N4. The summed E-state index contributed by atoms with van der Waals surface area (Å²) in [7, 11) is 2.12. The first-order chi connectivity index (χ1) is 8.66. The number of hydrogen-bond acceptors (Lipinski definition) is 4. The van der Waals surface area contributed by atoms with Crippen LogP contribution in [0.5, 0.6) is 0 Å². The van der Waals surface area contributed by atoms with Crippen molar-refractivity contribution in [1.82, 2.24) is 15.3 Å². The van der Waals surface area contributed by atoms with E-state index in [2.05, 4.69) is 41.1 Å². The summed E-state index contributed by atoms with van der Waals surface area (Å²) in [5.74, 6) is 1.67. The second-order valence-electron chi connectivity index (χ2n) is 5.59. The molecule has 0 saturated heterocycles. The highest BCUT2D eigenvalue weighted by Crippen LogP contribution is 2.26. The molecule has 0 radical (unpaired) electrons. The quantitative estimate of drug-likeness (QED) is 0.838. The van der Waals surface area contributed by atoms with Gasteiger partial charge in [-0.1, -0.05) is 13.8 Å². The number of anilines is 1. The lowest BCUT2D eigenvalue weighted by Crippen LogP contribution is -2.37. The molecule has 1 aromatic rings. The lowest BCUT2D eigenvalue weighted by atomic mass is 9.92. The van der Waals surface area contributed by atoms with Gasteiger partial charge in [0.15, 0.2) is 0 Å². The standard InChI is InChI=1S/C14H24N4/c1-11(2)7-15-8-12-9-16-10-14(17-12)18(3)13-5-4-6-13/h9-11,13,15H,4-8H2,1-3H3. The second kappa shape index (κ2) is 6.14. The summed E-state index contributed by atoms with van der Waals surface area (Å²) >= 11 is 0. The van der Waals surface area contributed by atoms with E-state index in [4.69, 9.17) is 0 Å². The van der Waals surface area contributed by atoms with Gasteiger partial charge >= 0.3 is 0 Å². The fourth-order valence-corrected chi connectivity index (χ4v) is 2.10. The van der Waals surface area contributed by atoms with Crippen molar-refractivity contribution < 1.29 is 0 Å². The Balaban J connectivity index is 1.91. The molecule has 2 rings (SSSR count). The molecular weight excluding hydrogens is 224 g/mol. The lowest BCUT2D eigenvalue weighted by molar-refractivity contribution is 0.398. The highest BCUT2D eigenvalue weighted by atomic mass is 15.2. The van der Waals surface area contributed by atoms with Gasteiger partial charge in [-0.05, 0) is 31.7 Å². The van der Waals surface area contributed by atoms with Gasteiger partial charge in [0, 0.05) is 25.8 Å². The van der Waals surface area contributed by atoms with Gasteiger partial charge in [-0.2, -0.15) is 0 Å². The van der Waals surface area contributed by atoms with Crippen molar-refractivity contribution in [3.8, 4) is 0 Å². The largest absolute Gasteiger partial charge is 0.355 e. The summed E-state index contributed by atoms with van der Waals surface area (Å²) in [6.07, 6.45) is 7.63. The van der Waals surface area contributed by atoms with Gasteiger partial charge < -0.3 is 10.2 Å². The molecule has 100 valence electrons. The van der Waals surface area contributed by atoms with Crippen LogP contribution in [0.4, 0.5) is 5.82 Å². The fourth-order valence-electron chi connectivity index (χ4n) is 2.10. The van der Waals surface area contributed by atoms with Crippen molar-refractivity contribution in [2.45, 2.75) is 45.7 Å². The van der Waals surface area contributed by atoms with Crippen LogP contribution in [0.3, 0.4) is 0 Å². The summed E-state index contributed by atoms with van der Waals surface area (Å²) in [6, 6.07) is 0.665. The monoisotopic (exact) mass is 248 g/mol. The van der Waals surface area contributed by atoms with Crippen LogP contribution in [0.25, 0.3) is 0 Å². The molecule has 0 aliphatic heterocycles. The Bertz CT molecular complexity index is 374. The number of nitrogens with zero attached hydrogens (tertiary/aromatic N) is 3. The summed E-state index contributed by atoms with van der Waals surface area (Å²) in [6.45, 7) is 6.24. The molecule has 1 heterocycles. The molecule has 4 nitrogen and oxygen atoms in total. The molecule has 0 bridgehead atoms. The van der Waals surface area contributed by atoms with E-state index >= 15 is 0 Å². The molecule has 1 fully saturated rings. The third-order valence-corrected chi connectivity index (χ3v) is 3.51. The minimum Gasteiger partial charge on any atom is -0.355 e.